The molecule has 4 heterocycles. The highest BCUT2D eigenvalue weighted by atomic mass is 79.9. The van der Waals surface area contributed by atoms with E-state index in [4.69, 9.17) is 0 Å². The van der Waals surface area contributed by atoms with Crippen LogP contribution in [0, 0.1) is 0 Å². The number of rotatable bonds is 2. The highest BCUT2D eigenvalue weighted by Crippen LogP contribution is 2.37. The zero-order valence-corrected chi connectivity index (χ0v) is 16.2. The quantitative estimate of drug-likeness (QED) is 0.451. The zero-order valence-electron chi connectivity index (χ0n) is 14.6. The molecule has 0 saturated carbocycles. The highest BCUT2D eigenvalue weighted by molar-refractivity contribution is 9.10. The fraction of sp³-hybridized carbons (Fsp3) is 0.0500. The molecule has 0 spiro atoms. The molecule has 0 bridgehead atoms. The van der Waals surface area contributed by atoms with Gasteiger partial charge >= 0.3 is 0 Å². The van der Waals surface area contributed by atoms with Gasteiger partial charge in [0.15, 0.2) is 5.65 Å². The Morgan fingerprint density at radius 2 is 1.79 bits per heavy atom. The average molecular weight is 434 g/mol. The normalized spacial score (nSPS) is 13.4. The van der Waals surface area contributed by atoms with Crippen molar-refractivity contribution in [2.75, 3.05) is 4.90 Å². The molecule has 3 aromatic heterocycles. The van der Waals surface area contributed by atoms with Crippen molar-refractivity contribution in [3.63, 3.8) is 0 Å². The molecule has 0 radical (unpaired) electrons. The van der Waals surface area contributed by atoms with E-state index >= 15 is 0 Å². The molecule has 0 saturated heterocycles. The summed E-state index contributed by atoms with van der Waals surface area (Å²) in [6.07, 6.45) is 4.79. The first-order valence-corrected chi connectivity index (χ1v) is 9.26. The third-order valence-corrected chi connectivity index (χ3v) is 5.25. The number of pyridine rings is 2. The van der Waals surface area contributed by atoms with Gasteiger partial charge in [0.1, 0.15) is 5.69 Å². The molecule has 7 nitrogen and oxygen atoms in total. The smallest absolute Gasteiger partial charge is 0.267 e. The lowest BCUT2D eigenvalue weighted by Gasteiger charge is -2.13. The number of aryl methyl sites for hydroxylation is 1. The topological polar surface area (TPSA) is 81.0 Å². The Morgan fingerprint density at radius 3 is 2.50 bits per heavy atom. The molecule has 136 valence electrons. The van der Waals surface area contributed by atoms with Crippen molar-refractivity contribution in [2.45, 2.75) is 0 Å². The van der Waals surface area contributed by atoms with E-state index in [1.54, 1.807) is 54.5 Å². The first kappa shape index (κ1) is 16.8. The Labute approximate surface area is 167 Å². The lowest BCUT2D eigenvalue weighted by molar-refractivity contribution is 0.0926. The number of benzene rings is 1. The maximum Gasteiger partial charge on any atom is 0.267 e. The number of fused-ring (bicyclic) bond motifs is 3. The molecule has 0 aliphatic carbocycles. The number of nitrogens with zero attached hydrogens (tertiary/aromatic N) is 5. The molecule has 0 fully saturated rings. The third-order valence-electron chi connectivity index (χ3n) is 4.72. The molecule has 0 N–H and O–H groups in total. The molecule has 4 aromatic rings. The van der Waals surface area contributed by atoms with Gasteiger partial charge in [-0.2, -0.15) is 5.10 Å². The molecule has 28 heavy (non-hydrogen) atoms. The predicted molar refractivity (Wildman–Crippen MR) is 107 cm³/mol. The van der Waals surface area contributed by atoms with E-state index in [2.05, 4.69) is 31.0 Å². The van der Waals surface area contributed by atoms with Crippen molar-refractivity contribution in [3.8, 4) is 11.3 Å². The minimum Gasteiger partial charge on any atom is -0.268 e. The van der Waals surface area contributed by atoms with E-state index in [1.807, 2.05) is 6.07 Å². The van der Waals surface area contributed by atoms with E-state index < -0.39 is 5.91 Å². The van der Waals surface area contributed by atoms with Crippen LogP contribution in [0.25, 0.3) is 22.3 Å². The summed E-state index contributed by atoms with van der Waals surface area (Å²) in [6, 6.07) is 10.7. The van der Waals surface area contributed by atoms with Crippen molar-refractivity contribution in [2.24, 2.45) is 7.05 Å². The summed E-state index contributed by atoms with van der Waals surface area (Å²) in [6.45, 7) is 0. The second-order valence-corrected chi connectivity index (χ2v) is 7.30. The van der Waals surface area contributed by atoms with Gasteiger partial charge in [0.05, 0.1) is 22.2 Å². The van der Waals surface area contributed by atoms with Crippen LogP contribution in [0.15, 0.2) is 59.5 Å². The fourth-order valence-corrected chi connectivity index (χ4v) is 3.72. The maximum absolute atomic E-state index is 13.3. The van der Waals surface area contributed by atoms with Crippen LogP contribution in [0.3, 0.4) is 0 Å². The number of anilines is 1. The molecule has 1 aromatic carbocycles. The van der Waals surface area contributed by atoms with Crippen LogP contribution in [0.4, 0.5) is 5.69 Å². The van der Waals surface area contributed by atoms with Crippen LogP contribution in [-0.4, -0.2) is 31.6 Å². The summed E-state index contributed by atoms with van der Waals surface area (Å²) >= 11 is 3.37. The van der Waals surface area contributed by atoms with Crippen molar-refractivity contribution < 1.29 is 9.59 Å². The molecular formula is C20H12BrN5O2. The zero-order chi connectivity index (χ0) is 19.4. The minimum atomic E-state index is -0.391. The first-order chi connectivity index (χ1) is 13.6. The monoisotopic (exact) mass is 433 g/mol. The second kappa shape index (κ2) is 6.07. The average Bonchev–Trinajstić information content (AvgIpc) is 3.18. The molecular weight excluding hydrogens is 422 g/mol. The number of imide groups is 1. The van der Waals surface area contributed by atoms with Gasteiger partial charge in [-0.15, -0.1) is 0 Å². The number of carbonyl (C=O) groups excluding carboxylic acids is 2. The van der Waals surface area contributed by atoms with Crippen LogP contribution in [0.2, 0.25) is 0 Å². The van der Waals surface area contributed by atoms with Gasteiger partial charge in [0, 0.05) is 35.7 Å². The molecule has 5 rings (SSSR count). The molecule has 0 unspecified atom stereocenters. The summed E-state index contributed by atoms with van der Waals surface area (Å²) in [5, 5.41) is 5.09. The van der Waals surface area contributed by atoms with Gasteiger partial charge < -0.3 is 0 Å². The van der Waals surface area contributed by atoms with Crippen molar-refractivity contribution in [3.05, 3.63) is 70.6 Å². The Morgan fingerprint density at radius 1 is 1.00 bits per heavy atom. The lowest BCUT2D eigenvalue weighted by atomic mass is 10.0. The van der Waals surface area contributed by atoms with Gasteiger partial charge in [-0.1, -0.05) is 15.9 Å². The van der Waals surface area contributed by atoms with Gasteiger partial charge in [-0.05, 0) is 36.4 Å². The summed E-state index contributed by atoms with van der Waals surface area (Å²) in [5.41, 5.74) is 2.98. The van der Waals surface area contributed by atoms with Crippen LogP contribution in [0.1, 0.15) is 20.7 Å². The maximum atomic E-state index is 13.3. The highest BCUT2D eigenvalue weighted by Gasteiger charge is 2.40. The largest absolute Gasteiger partial charge is 0.268 e. The number of hydrogen-bond donors (Lipinski definition) is 0. The molecule has 1 aliphatic heterocycles. The first-order valence-electron chi connectivity index (χ1n) is 8.46. The molecule has 0 atom stereocenters. The van der Waals surface area contributed by atoms with Gasteiger partial charge in [0.2, 0.25) is 0 Å². The van der Waals surface area contributed by atoms with Crippen molar-refractivity contribution in [1.82, 2.24) is 19.7 Å². The lowest BCUT2D eigenvalue weighted by Crippen LogP contribution is -2.29. The standard InChI is InChI=1S/C20H12BrN5O2/c1-25-18-16(17(24-25)11-3-2-8-22-9-11)15-14(10-23-18)19(27)26(20(15)28)13-6-4-12(21)5-7-13/h2-10H,1H3. The minimum absolute atomic E-state index is 0.276. The third kappa shape index (κ3) is 2.31. The number of amides is 2. The van der Waals surface area contributed by atoms with E-state index in [9.17, 15) is 9.59 Å². The number of carbonyl (C=O) groups is 2. The molecule has 1 aliphatic rings. The van der Waals surface area contributed by atoms with E-state index in [0.29, 0.717) is 28.0 Å². The Bertz CT molecular complexity index is 1270. The van der Waals surface area contributed by atoms with Crippen LogP contribution >= 0.6 is 15.9 Å². The Hall–Kier alpha value is -3.39. The number of hydrogen-bond acceptors (Lipinski definition) is 5. The summed E-state index contributed by atoms with van der Waals surface area (Å²) < 4.78 is 2.47. The van der Waals surface area contributed by atoms with Crippen molar-refractivity contribution >= 4 is 44.5 Å². The van der Waals surface area contributed by atoms with E-state index in [-0.39, 0.29) is 11.5 Å². The molecule has 2 amide bonds. The van der Waals surface area contributed by atoms with Crippen LogP contribution in [0.5, 0.6) is 0 Å². The van der Waals surface area contributed by atoms with Gasteiger partial charge in [-0.25, -0.2) is 14.6 Å². The van der Waals surface area contributed by atoms with Gasteiger partial charge in [0.25, 0.3) is 11.8 Å². The number of aromatic nitrogens is 4. The Balaban J connectivity index is 1.77. The van der Waals surface area contributed by atoms with Gasteiger partial charge in [-0.3, -0.25) is 14.6 Å². The van der Waals surface area contributed by atoms with Crippen molar-refractivity contribution in [1.29, 1.82) is 0 Å². The van der Waals surface area contributed by atoms with Crippen LogP contribution in [-0.2, 0) is 7.05 Å². The fourth-order valence-electron chi connectivity index (χ4n) is 3.46. The molecule has 8 heteroatoms. The second-order valence-electron chi connectivity index (χ2n) is 6.38. The Kier molecular flexibility index (Phi) is 3.63. The SMILES string of the molecule is Cn1nc(-c2cccnc2)c2c3c(cnc21)C(=O)N(c1ccc(Br)cc1)C3=O. The van der Waals surface area contributed by atoms with E-state index in [0.717, 1.165) is 10.0 Å². The summed E-state index contributed by atoms with van der Waals surface area (Å²) in [5.74, 6) is -0.773. The summed E-state index contributed by atoms with van der Waals surface area (Å²) in [7, 11) is 1.76. The van der Waals surface area contributed by atoms with E-state index in [1.165, 1.54) is 11.1 Å². The predicted octanol–water partition coefficient (Wildman–Crippen LogP) is 3.59. The number of halogens is 1. The summed E-state index contributed by atoms with van der Waals surface area (Å²) in [4.78, 5) is 36.0. The van der Waals surface area contributed by atoms with Crippen LogP contribution < -0.4 is 4.90 Å².